The number of rotatable bonds is 2. The van der Waals surface area contributed by atoms with Gasteiger partial charge in [-0.2, -0.15) is 0 Å². The summed E-state index contributed by atoms with van der Waals surface area (Å²) in [5.41, 5.74) is 9.60. The Balaban J connectivity index is 3.34. The average molecular weight is 105 g/mol. The molecule has 0 heterocycles. The number of nitro groups is 1. The molecule has 0 fully saturated rings. The molecule has 0 aliphatic heterocycles. The predicted molar refractivity (Wildman–Crippen MR) is 24.0 cm³/mol. The lowest BCUT2D eigenvalue weighted by Crippen LogP contribution is -2.36. The highest BCUT2D eigenvalue weighted by molar-refractivity contribution is 4.41. The van der Waals surface area contributed by atoms with Crippen LogP contribution in [-0.2, 0) is 0 Å². The van der Waals surface area contributed by atoms with Crippen LogP contribution in [-0.4, -0.2) is 17.6 Å². The SMILES string of the molecule is NCC(N)[N+](=O)[O-]. The molecule has 0 amide bonds. The molecule has 1 atom stereocenters. The lowest BCUT2D eigenvalue weighted by atomic mass is 10.6. The van der Waals surface area contributed by atoms with Gasteiger partial charge in [-0.15, -0.1) is 0 Å². The van der Waals surface area contributed by atoms with E-state index in [4.69, 9.17) is 11.5 Å². The van der Waals surface area contributed by atoms with Crippen molar-refractivity contribution in [3.8, 4) is 0 Å². The van der Waals surface area contributed by atoms with E-state index in [1.807, 2.05) is 0 Å². The zero-order valence-corrected chi connectivity index (χ0v) is 3.70. The smallest absolute Gasteiger partial charge is 0.275 e. The molecule has 7 heavy (non-hydrogen) atoms. The van der Waals surface area contributed by atoms with Crippen molar-refractivity contribution in [2.75, 3.05) is 6.54 Å². The summed E-state index contributed by atoms with van der Waals surface area (Å²) in [4.78, 5) is 8.91. The molecule has 0 aromatic heterocycles. The van der Waals surface area contributed by atoms with Crippen LogP contribution in [0.2, 0.25) is 0 Å². The maximum absolute atomic E-state index is 9.53. The molecule has 5 nitrogen and oxygen atoms in total. The monoisotopic (exact) mass is 105 g/mol. The Labute approximate surface area is 40.4 Å². The molecule has 0 aliphatic rings. The minimum atomic E-state index is -1.10. The van der Waals surface area contributed by atoms with E-state index in [9.17, 15) is 10.1 Å². The van der Waals surface area contributed by atoms with Crippen LogP contribution in [0, 0.1) is 10.1 Å². The third-order valence-electron chi connectivity index (χ3n) is 0.512. The van der Waals surface area contributed by atoms with Crippen LogP contribution in [0.5, 0.6) is 0 Å². The molecule has 5 heteroatoms. The van der Waals surface area contributed by atoms with Crippen LogP contribution in [0.1, 0.15) is 0 Å². The number of nitrogens with zero attached hydrogens (tertiary/aromatic N) is 1. The zero-order chi connectivity index (χ0) is 5.86. The largest absolute Gasteiger partial charge is 0.323 e. The van der Waals surface area contributed by atoms with Crippen molar-refractivity contribution in [2.24, 2.45) is 11.5 Å². The molecular weight excluding hydrogens is 98.0 g/mol. The number of hydrogen-bond acceptors (Lipinski definition) is 4. The Morgan fingerprint density at radius 3 is 2.29 bits per heavy atom. The van der Waals surface area contributed by atoms with Gasteiger partial charge in [0.1, 0.15) is 0 Å². The molecule has 0 saturated carbocycles. The molecule has 0 aromatic carbocycles. The third-order valence-corrected chi connectivity index (χ3v) is 0.512. The van der Waals surface area contributed by atoms with Crippen LogP contribution in [0.3, 0.4) is 0 Å². The van der Waals surface area contributed by atoms with Gasteiger partial charge < -0.3 is 5.73 Å². The Kier molecular flexibility index (Phi) is 2.24. The molecule has 0 rings (SSSR count). The van der Waals surface area contributed by atoms with E-state index in [-0.39, 0.29) is 6.54 Å². The second-order valence-corrected chi connectivity index (χ2v) is 1.09. The summed E-state index contributed by atoms with van der Waals surface area (Å²) in [6.07, 6.45) is -1.10. The van der Waals surface area contributed by atoms with Crippen LogP contribution in [0.15, 0.2) is 0 Å². The maximum Gasteiger partial charge on any atom is 0.275 e. The Morgan fingerprint density at radius 2 is 2.29 bits per heavy atom. The van der Waals surface area contributed by atoms with Crippen molar-refractivity contribution in [2.45, 2.75) is 6.17 Å². The minimum Gasteiger partial charge on any atom is -0.323 e. The van der Waals surface area contributed by atoms with Gasteiger partial charge in [-0.05, 0) is 0 Å². The van der Waals surface area contributed by atoms with Gasteiger partial charge in [0.2, 0.25) is 0 Å². The second-order valence-electron chi connectivity index (χ2n) is 1.09. The highest BCUT2D eigenvalue weighted by atomic mass is 16.6. The first kappa shape index (κ1) is 6.32. The quantitative estimate of drug-likeness (QED) is 0.254. The molecule has 0 radical (unpaired) electrons. The van der Waals surface area contributed by atoms with Gasteiger partial charge in [-0.1, -0.05) is 0 Å². The minimum absolute atomic E-state index is 0.104. The predicted octanol–water partition coefficient (Wildman–Crippen LogP) is -1.49. The summed E-state index contributed by atoms with van der Waals surface area (Å²) in [5.74, 6) is 0. The molecule has 0 spiro atoms. The number of hydrogen-bond donors (Lipinski definition) is 2. The van der Waals surface area contributed by atoms with Crippen molar-refractivity contribution in [1.29, 1.82) is 0 Å². The summed E-state index contributed by atoms with van der Waals surface area (Å²) in [6.45, 7) is -0.104. The maximum atomic E-state index is 9.53. The summed E-state index contributed by atoms with van der Waals surface area (Å²) in [5, 5.41) is 9.53. The van der Waals surface area contributed by atoms with E-state index in [0.717, 1.165) is 0 Å². The van der Waals surface area contributed by atoms with E-state index >= 15 is 0 Å². The fourth-order valence-electron chi connectivity index (χ4n) is 0.0861. The first-order chi connectivity index (χ1) is 3.18. The topological polar surface area (TPSA) is 95.2 Å². The highest BCUT2D eigenvalue weighted by Crippen LogP contribution is 1.70. The van der Waals surface area contributed by atoms with Crippen LogP contribution < -0.4 is 11.5 Å². The van der Waals surface area contributed by atoms with E-state index in [1.165, 1.54) is 0 Å². The van der Waals surface area contributed by atoms with Crippen molar-refractivity contribution < 1.29 is 4.92 Å². The molecule has 1 unspecified atom stereocenters. The van der Waals surface area contributed by atoms with Gasteiger partial charge in [0, 0.05) is 4.92 Å². The molecule has 0 aliphatic carbocycles. The van der Waals surface area contributed by atoms with Crippen molar-refractivity contribution >= 4 is 0 Å². The molecule has 0 bridgehead atoms. The fourth-order valence-corrected chi connectivity index (χ4v) is 0.0861. The highest BCUT2D eigenvalue weighted by Gasteiger charge is 2.07. The second kappa shape index (κ2) is 2.49. The molecule has 4 N–H and O–H groups in total. The molecule has 42 valence electrons. The first-order valence-electron chi connectivity index (χ1n) is 1.77. The van der Waals surface area contributed by atoms with Gasteiger partial charge in [-0.25, -0.2) is 0 Å². The van der Waals surface area contributed by atoms with Crippen LogP contribution in [0.25, 0.3) is 0 Å². The molecular formula is C2H7N3O2. The number of nitrogens with two attached hydrogens (primary N) is 2. The normalized spacial score (nSPS) is 13.4. The average Bonchev–Trinajstić information content (AvgIpc) is 1.65. The first-order valence-corrected chi connectivity index (χ1v) is 1.77. The Morgan fingerprint density at radius 1 is 1.86 bits per heavy atom. The van der Waals surface area contributed by atoms with E-state index in [1.54, 1.807) is 0 Å². The van der Waals surface area contributed by atoms with Crippen molar-refractivity contribution in [1.82, 2.24) is 0 Å². The summed E-state index contributed by atoms with van der Waals surface area (Å²) in [7, 11) is 0. The van der Waals surface area contributed by atoms with E-state index < -0.39 is 11.1 Å². The molecule has 0 saturated heterocycles. The fraction of sp³-hybridized carbons (Fsp3) is 1.00. The summed E-state index contributed by atoms with van der Waals surface area (Å²) in [6, 6.07) is 0. The van der Waals surface area contributed by atoms with E-state index in [0.29, 0.717) is 0 Å². The van der Waals surface area contributed by atoms with Gasteiger partial charge in [-0.3, -0.25) is 15.8 Å². The Hall–Kier alpha value is -0.680. The van der Waals surface area contributed by atoms with Gasteiger partial charge in [0.05, 0.1) is 6.54 Å². The van der Waals surface area contributed by atoms with Gasteiger partial charge in [0.15, 0.2) is 0 Å². The van der Waals surface area contributed by atoms with Crippen molar-refractivity contribution in [3.05, 3.63) is 10.1 Å². The van der Waals surface area contributed by atoms with Crippen LogP contribution >= 0.6 is 0 Å². The van der Waals surface area contributed by atoms with Crippen LogP contribution in [0.4, 0.5) is 0 Å². The van der Waals surface area contributed by atoms with E-state index in [2.05, 4.69) is 0 Å². The van der Waals surface area contributed by atoms with Gasteiger partial charge in [0.25, 0.3) is 6.17 Å². The summed E-state index contributed by atoms with van der Waals surface area (Å²) >= 11 is 0. The Bertz CT molecular complexity index is 73.3. The summed E-state index contributed by atoms with van der Waals surface area (Å²) < 4.78 is 0. The zero-order valence-electron chi connectivity index (χ0n) is 3.70. The lowest BCUT2D eigenvalue weighted by molar-refractivity contribution is -0.518. The van der Waals surface area contributed by atoms with Gasteiger partial charge >= 0.3 is 0 Å². The third kappa shape index (κ3) is 2.07. The molecule has 0 aromatic rings. The lowest BCUT2D eigenvalue weighted by Gasteiger charge is -1.94. The standard InChI is InChI=1S/C2H7N3O2/c3-1-2(4)5(6)7/h2H,1,3-4H2. The van der Waals surface area contributed by atoms with Crippen molar-refractivity contribution in [3.63, 3.8) is 0 Å².